The molecule has 0 bridgehead atoms. The number of aliphatic carboxylic acids is 1. The van der Waals surface area contributed by atoms with Crippen LogP contribution in [0.1, 0.15) is 27.9 Å². The molecular formula is C32H33Cl2N5O7. The number of benzene rings is 3. The second-order valence-corrected chi connectivity index (χ2v) is 11.2. The number of nitrogens with zero attached hydrogens (tertiary/aromatic N) is 1. The van der Waals surface area contributed by atoms with Crippen molar-refractivity contribution in [2.24, 2.45) is 4.99 Å². The predicted octanol–water partition coefficient (Wildman–Crippen LogP) is 4.73. The molecule has 242 valence electrons. The molecule has 0 spiro atoms. The number of hydrogen-bond acceptors (Lipinski definition) is 8. The Kier molecular flexibility index (Phi) is 12.0. The molecule has 14 heteroatoms. The van der Waals surface area contributed by atoms with Gasteiger partial charge in [-0.05, 0) is 48.4 Å². The molecule has 3 aromatic rings. The number of Topliss-reactive ketones (excluding diaryl/α,β-unsaturated/α-hetero) is 1. The maximum atomic E-state index is 12.7. The number of halogens is 2. The zero-order chi connectivity index (χ0) is 33.2. The average Bonchev–Trinajstić information content (AvgIpc) is 3.45. The highest BCUT2D eigenvalue weighted by Crippen LogP contribution is 2.27. The van der Waals surface area contributed by atoms with Crippen molar-refractivity contribution in [3.05, 3.63) is 87.4 Å². The number of para-hydroxylation sites is 1. The second kappa shape index (κ2) is 16.1. The minimum Gasteiger partial charge on any atom is -0.495 e. The molecule has 1 aliphatic rings. The zero-order valence-corrected chi connectivity index (χ0v) is 26.6. The number of carbonyl (C=O) groups excluding carboxylic acids is 3. The lowest BCUT2D eigenvalue weighted by Crippen LogP contribution is -2.43. The Morgan fingerprint density at radius 3 is 2.43 bits per heavy atom. The normalized spacial score (nSPS) is 14.4. The van der Waals surface area contributed by atoms with Crippen molar-refractivity contribution in [3.8, 4) is 5.75 Å². The van der Waals surface area contributed by atoms with Gasteiger partial charge in [0.2, 0.25) is 0 Å². The molecule has 0 aliphatic carbocycles. The molecule has 1 aliphatic heterocycles. The van der Waals surface area contributed by atoms with Gasteiger partial charge in [0, 0.05) is 18.5 Å². The number of hydrogen-bond donors (Lipinski definition) is 5. The van der Waals surface area contributed by atoms with Crippen molar-refractivity contribution in [3.63, 3.8) is 0 Å². The van der Waals surface area contributed by atoms with Gasteiger partial charge in [0.1, 0.15) is 18.4 Å². The maximum Gasteiger partial charge on any atom is 0.326 e. The summed E-state index contributed by atoms with van der Waals surface area (Å²) in [6.45, 7) is 2.20. The molecule has 2 atom stereocenters. The Morgan fingerprint density at radius 2 is 1.74 bits per heavy atom. The van der Waals surface area contributed by atoms with Crippen molar-refractivity contribution in [1.29, 1.82) is 0 Å². The van der Waals surface area contributed by atoms with Gasteiger partial charge in [0.05, 0.1) is 47.5 Å². The molecule has 2 unspecified atom stereocenters. The first-order valence-electron chi connectivity index (χ1n) is 14.2. The van der Waals surface area contributed by atoms with Gasteiger partial charge in [0.15, 0.2) is 11.7 Å². The van der Waals surface area contributed by atoms with E-state index in [1.165, 1.54) is 19.2 Å². The number of nitrogens with one attached hydrogen (secondary N) is 4. The van der Waals surface area contributed by atoms with Gasteiger partial charge in [-0.25, -0.2) is 14.6 Å². The van der Waals surface area contributed by atoms with Crippen molar-refractivity contribution in [2.75, 3.05) is 37.4 Å². The highest BCUT2D eigenvalue weighted by atomic mass is 35.5. The Balaban J connectivity index is 1.24. The van der Waals surface area contributed by atoms with Gasteiger partial charge < -0.3 is 35.8 Å². The lowest BCUT2D eigenvalue weighted by atomic mass is 10.1. The minimum absolute atomic E-state index is 0.00910. The van der Waals surface area contributed by atoms with Crippen LogP contribution in [0.3, 0.4) is 0 Å². The van der Waals surface area contributed by atoms with Crippen LogP contribution >= 0.6 is 23.2 Å². The molecule has 0 fully saturated rings. The Bertz CT molecular complexity index is 1630. The van der Waals surface area contributed by atoms with Gasteiger partial charge >= 0.3 is 12.0 Å². The number of amides is 3. The number of carboxylic acid groups (broad SMARTS) is 1. The monoisotopic (exact) mass is 669 g/mol. The fraction of sp³-hybridized carbons (Fsp3) is 0.281. The molecule has 0 saturated heterocycles. The number of methoxy groups -OCH3 is 1. The molecule has 5 N–H and O–H groups in total. The lowest BCUT2D eigenvalue weighted by Gasteiger charge is -2.17. The summed E-state index contributed by atoms with van der Waals surface area (Å²) < 4.78 is 11.0. The third-order valence-corrected chi connectivity index (χ3v) is 7.61. The Hall–Kier alpha value is -4.65. The van der Waals surface area contributed by atoms with Crippen LogP contribution in [0.4, 0.5) is 16.2 Å². The van der Waals surface area contributed by atoms with E-state index in [1.54, 1.807) is 30.3 Å². The van der Waals surface area contributed by atoms with Crippen LogP contribution in [0, 0.1) is 6.92 Å². The molecule has 0 radical (unpaired) electrons. The van der Waals surface area contributed by atoms with Gasteiger partial charge in [-0.3, -0.25) is 9.59 Å². The van der Waals surface area contributed by atoms with Crippen molar-refractivity contribution in [1.82, 2.24) is 10.6 Å². The van der Waals surface area contributed by atoms with E-state index in [2.05, 4.69) is 26.3 Å². The quantitative estimate of drug-likeness (QED) is 0.164. The van der Waals surface area contributed by atoms with Crippen LogP contribution in [0.2, 0.25) is 10.0 Å². The first kappa shape index (κ1) is 34.2. The molecule has 4 rings (SSSR count). The van der Waals surface area contributed by atoms with Gasteiger partial charge in [-0.2, -0.15) is 0 Å². The molecule has 0 aromatic heterocycles. The number of anilines is 2. The van der Waals surface area contributed by atoms with Crippen LogP contribution in [0.15, 0.2) is 65.7 Å². The van der Waals surface area contributed by atoms with Crippen molar-refractivity contribution >= 4 is 64.2 Å². The topological polar surface area (TPSA) is 167 Å². The molecule has 12 nitrogen and oxygen atoms in total. The van der Waals surface area contributed by atoms with Crippen LogP contribution in [0.25, 0.3) is 0 Å². The number of carboxylic acids is 1. The highest BCUT2D eigenvalue weighted by molar-refractivity contribution is 6.39. The van der Waals surface area contributed by atoms with Gasteiger partial charge in [-0.1, -0.05) is 53.5 Å². The summed E-state index contributed by atoms with van der Waals surface area (Å²) in [6, 6.07) is 14.8. The minimum atomic E-state index is -1.26. The summed E-state index contributed by atoms with van der Waals surface area (Å²) in [6.07, 6.45) is 0.0935. The lowest BCUT2D eigenvalue weighted by molar-refractivity contribution is -0.139. The third kappa shape index (κ3) is 9.43. The maximum absolute atomic E-state index is 12.7. The van der Waals surface area contributed by atoms with E-state index in [9.17, 15) is 24.3 Å². The summed E-state index contributed by atoms with van der Waals surface area (Å²) in [4.78, 5) is 54.0. The molecule has 0 saturated carbocycles. The van der Waals surface area contributed by atoms with Crippen LogP contribution < -0.4 is 26.0 Å². The molecule has 3 aromatic carbocycles. The van der Waals surface area contributed by atoms with E-state index in [0.29, 0.717) is 28.6 Å². The molecule has 3 amide bonds. The fourth-order valence-electron chi connectivity index (χ4n) is 4.66. The molecule has 1 heterocycles. The summed E-state index contributed by atoms with van der Waals surface area (Å²) in [5.41, 5.74) is 2.75. The number of aryl methyl sites for hydroxylation is 1. The van der Waals surface area contributed by atoms with Crippen molar-refractivity contribution < 1.29 is 33.8 Å². The summed E-state index contributed by atoms with van der Waals surface area (Å²) >= 11 is 12.1. The van der Waals surface area contributed by atoms with E-state index < -0.39 is 30.0 Å². The van der Waals surface area contributed by atoms with E-state index in [1.807, 2.05) is 25.1 Å². The smallest absolute Gasteiger partial charge is 0.326 e. The predicted molar refractivity (Wildman–Crippen MR) is 176 cm³/mol. The first-order chi connectivity index (χ1) is 22.0. The SMILES string of the molecule is COc1cc(CC(=O)CNCC2=NC(CC(NC(=O)c3c(Cl)cccc3Cl)C(=O)O)CO2)ccc1NC(=O)Nc1ccccc1C. The van der Waals surface area contributed by atoms with E-state index in [-0.39, 0.29) is 53.9 Å². The summed E-state index contributed by atoms with van der Waals surface area (Å²) in [7, 11) is 1.48. The first-order valence-corrected chi connectivity index (χ1v) is 15.0. The van der Waals surface area contributed by atoms with Gasteiger partial charge in [0.25, 0.3) is 5.91 Å². The van der Waals surface area contributed by atoms with Gasteiger partial charge in [-0.15, -0.1) is 0 Å². The Labute approximate surface area is 275 Å². The van der Waals surface area contributed by atoms with Crippen LogP contribution in [-0.4, -0.2) is 73.6 Å². The number of ketones is 1. The Morgan fingerprint density at radius 1 is 1.02 bits per heavy atom. The van der Waals surface area contributed by atoms with Crippen molar-refractivity contribution in [2.45, 2.75) is 31.8 Å². The van der Waals surface area contributed by atoms with E-state index in [4.69, 9.17) is 32.7 Å². The summed E-state index contributed by atoms with van der Waals surface area (Å²) in [5.74, 6) is -1.33. The fourth-order valence-corrected chi connectivity index (χ4v) is 5.23. The highest BCUT2D eigenvalue weighted by Gasteiger charge is 2.29. The third-order valence-electron chi connectivity index (χ3n) is 6.98. The van der Waals surface area contributed by atoms with E-state index >= 15 is 0 Å². The average molecular weight is 671 g/mol. The second-order valence-electron chi connectivity index (χ2n) is 10.4. The number of carbonyl (C=O) groups is 4. The molecular weight excluding hydrogens is 637 g/mol. The number of urea groups is 1. The largest absolute Gasteiger partial charge is 0.495 e. The number of aliphatic imine (C=N–C) groups is 1. The van der Waals surface area contributed by atoms with Crippen LogP contribution in [-0.2, 0) is 20.7 Å². The number of ether oxygens (including phenoxy) is 2. The number of rotatable bonds is 14. The summed E-state index contributed by atoms with van der Waals surface area (Å²) in [5, 5.41) is 20.9. The van der Waals surface area contributed by atoms with E-state index in [0.717, 1.165) is 5.56 Å². The molecule has 46 heavy (non-hydrogen) atoms. The zero-order valence-electron chi connectivity index (χ0n) is 25.1. The standard InChI is InChI=1S/C32H33Cl2N5O7/c1-18-6-3-4-9-24(18)38-32(44)39-25-11-10-19(13-27(25)45-2)12-21(40)15-35-16-28-36-20(17-46-28)14-26(31(42)43)37-30(41)29-22(33)7-5-8-23(29)34/h3-11,13,20,26,35H,12,14-17H2,1-2H3,(H,37,41)(H,42,43)(H2,38,39,44). The van der Waals surface area contributed by atoms with Crippen LogP contribution in [0.5, 0.6) is 5.75 Å².